The number of rotatable bonds is 2. The fraction of sp³-hybridized carbons (Fsp3) is 0.800. The van der Waals surface area contributed by atoms with E-state index in [4.69, 9.17) is 16.3 Å². The Kier molecular flexibility index (Phi) is 2.30. The predicted molar refractivity (Wildman–Crippen MR) is 33.5 cm³/mol. The van der Waals surface area contributed by atoms with Crippen LogP contribution in [0.4, 0.5) is 0 Å². The number of halogens is 1. The molecule has 0 spiro atoms. The number of alkyl halides is 1. The van der Waals surface area contributed by atoms with Crippen molar-refractivity contribution in [1.82, 2.24) is 5.32 Å². The largest absolute Gasteiger partial charge is 0.459 e. The van der Waals surface area contributed by atoms with Gasteiger partial charge in [-0.2, -0.15) is 0 Å². The average Bonchev–Trinajstić information content (AvgIpc) is 1.78. The summed E-state index contributed by atoms with van der Waals surface area (Å²) in [5.74, 6) is -0.376. The molecule has 0 bridgehead atoms. The highest BCUT2D eigenvalue weighted by molar-refractivity contribution is 6.26. The molecule has 1 fully saturated rings. The summed E-state index contributed by atoms with van der Waals surface area (Å²) in [6, 6.07) is 0. The van der Waals surface area contributed by atoms with Gasteiger partial charge in [-0.25, -0.2) is 0 Å². The Balaban J connectivity index is 2.09. The summed E-state index contributed by atoms with van der Waals surface area (Å²) in [4.78, 5) is 10.4. The summed E-state index contributed by atoms with van der Waals surface area (Å²) >= 11 is 5.18. The number of carbonyl (C=O) groups is 1. The highest BCUT2D eigenvalue weighted by Crippen LogP contribution is 1.98. The Labute approximate surface area is 58.3 Å². The van der Waals surface area contributed by atoms with Gasteiger partial charge in [0.05, 0.1) is 0 Å². The number of hydrogen-bond acceptors (Lipinski definition) is 3. The zero-order valence-corrected chi connectivity index (χ0v) is 5.65. The highest BCUT2D eigenvalue weighted by Gasteiger charge is 2.19. The molecular formula is C5H8ClNO2. The highest BCUT2D eigenvalue weighted by atomic mass is 35.5. The predicted octanol–water partition coefficient (Wildman–Crippen LogP) is -0.260. The monoisotopic (exact) mass is 149 g/mol. The van der Waals surface area contributed by atoms with Crippen LogP contribution < -0.4 is 5.32 Å². The van der Waals surface area contributed by atoms with E-state index in [1.165, 1.54) is 0 Å². The SMILES string of the molecule is O=C(CCl)OC1CNC1. The first-order valence-electron chi connectivity index (χ1n) is 2.79. The smallest absolute Gasteiger partial charge is 0.321 e. The molecule has 1 rings (SSSR count). The number of nitrogens with one attached hydrogen (secondary N) is 1. The first kappa shape index (κ1) is 6.83. The van der Waals surface area contributed by atoms with Crippen LogP contribution in [-0.2, 0) is 9.53 Å². The number of esters is 1. The van der Waals surface area contributed by atoms with Gasteiger partial charge in [0.25, 0.3) is 0 Å². The summed E-state index contributed by atoms with van der Waals surface area (Å²) < 4.78 is 4.80. The van der Waals surface area contributed by atoms with Crippen molar-refractivity contribution in [2.75, 3.05) is 19.0 Å². The first-order chi connectivity index (χ1) is 4.33. The van der Waals surface area contributed by atoms with Crippen LogP contribution in [0.5, 0.6) is 0 Å². The maximum atomic E-state index is 10.4. The van der Waals surface area contributed by atoms with E-state index < -0.39 is 0 Å². The maximum absolute atomic E-state index is 10.4. The van der Waals surface area contributed by atoms with E-state index in [0.29, 0.717) is 0 Å². The molecule has 3 nitrogen and oxygen atoms in total. The van der Waals surface area contributed by atoms with E-state index in [9.17, 15) is 4.79 Å². The molecule has 0 amide bonds. The molecule has 0 atom stereocenters. The molecule has 1 heterocycles. The van der Waals surface area contributed by atoms with Gasteiger partial charge in [-0.3, -0.25) is 4.79 Å². The van der Waals surface area contributed by atoms with E-state index >= 15 is 0 Å². The number of ether oxygens (including phenoxy) is 1. The normalized spacial score (nSPS) is 18.8. The third-order valence-electron chi connectivity index (χ3n) is 1.15. The van der Waals surface area contributed by atoms with Crippen molar-refractivity contribution in [3.63, 3.8) is 0 Å². The van der Waals surface area contributed by atoms with Crippen LogP contribution in [0.3, 0.4) is 0 Å². The van der Waals surface area contributed by atoms with E-state index in [1.54, 1.807) is 0 Å². The van der Waals surface area contributed by atoms with E-state index in [0.717, 1.165) is 13.1 Å². The van der Waals surface area contributed by atoms with Gasteiger partial charge in [-0.05, 0) is 0 Å². The van der Waals surface area contributed by atoms with Crippen molar-refractivity contribution in [2.45, 2.75) is 6.10 Å². The van der Waals surface area contributed by atoms with Gasteiger partial charge in [0, 0.05) is 13.1 Å². The maximum Gasteiger partial charge on any atom is 0.321 e. The molecule has 0 aromatic rings. The van der Waals surface area contributed by atoms with Gasteiger partial charge in [0.1, 0.15) is 12.0 Å². The van der Waals surface area contributed by atoms with Crippen LogP contribution in [0, 0.1) is 0 Å². The third kappa shape index (κ3) is 1.84. The standard InChI is InChI=1S/C5H8ClNO2/c6-1-5(8)9-4-2-7-3-4/h4,7H,1-3H2. The second-order valence-electron chi connectivity index (χ2n) is 1.90. The average molecular weight is 150 g/mol. The van der Waals surface area contributed by atoms with Gasteiger partial charge < -0.3 is 10.1 Å². The third-order valence-corrected chi connectivity index (χ3v) is 1.37. The molecule has 0 saturated carbocycles. The minimum absolute atomic E-state index is 0.0451. The van der Waals surface area contributed by atoms with Gasteiger partial charge in [0.2, 0.25) is 0 Å². The Morgan fingerprint density at radius 1 is 1.78 bits per heavy atom. The molecule has 4 heteroatoms. The summed E-state index contributed by atoms with van der Waals surface area (Å²) in [7, 11) is 0. The van der Waals surface area contributed by atoms with Gasteiger partial charge in [-0.1, -0.05) is 0 Å². The van der Waals surface area contributed by atoms with E-state index in [-0.39, 0.29) is 18.0 Å². The Morgan fingerprint density at radius 3 is 2.78 bits per heavy atom. The second-order valence-corrected chi connectivity index (χ2v) is 2.17. The second kappa shape index (κ2) is 3.03. The molecule has 0 unspecified atom stereocenters. The zero-order valence-electron chi connectivity index (χ0n) is 4.89. The summed E-state index contributed by atoms with van der Waals surface area (Å²) in [5.41, 5.74) is 0. The van der Waals surface area contributed by atoms with Gasteiger partial charge >= 0.3 is 5.97 Å². The fourth-order valence-electron chi connectivity index (χ4n) is 0.563. The quantitative estimate of drug-likeness (QED) is 0.434. The number of hydrogen-bond donors (Lipinski definition) is 1. The Bertz CT molecular complexity index is 114. The molecule has 52 valence electrons. The van der Waals surface area contributed by atoms with E-state index in [2.05, 4.69) is 5.32 Å². The molecule has 0 radical (unpaired) electrons. The lowest BCUT2D eigenvalue weighted by Crippen LogP contribution is -2.49. The van der Waals surface area contributed by atoms with Gasteiger partial charge in [0.15, 0.2) is 0 Å². The molecule has 0 aromatic carbocycles. The summed E-state index contributed by atoms with van der Waals surface area (Å²) in [6.45, 7) is 1.53. The first-order valence-corrected chi connectivity index (χ1v) is 3.32. The van der Waals surface area contributed by atoms with E-state index in [1.807, 2.05) is 0 Å². The van der Waals surface area contributed by atoms with Crippen LogP contribution in [0.25, 0.3) is 0 Å². The molecule has 1 N–H and O–H groups in total. The van der Waals surface area contributed by atoms with Crippen LogP contribution >= 0.6 is 11.6 Å². The minimum Gasteiger partial charge on any atom is -0.459 e. The lowest BCUT2D eigenvalue weighted by Gasteiger charge is -2.26. The Hall–Kier alpha value is -0.280. The summed E-state index contributed by atoms with van der Waals surface area (Å²) in [6.07, 6.45) is 0.0660. The minimum atomic E-state index is -0.330. The Morgan fingerprint density at radius 2 is 2.44 bits per heavy atom. The lowest BCUT2D eigenvalue weighted by atomic mass is 10.2. The van der Waals surface area contributed by atoms with Crippen molar-refractivity contribution in [2.24, 2.45) is 0 Å². The van der Waals surface area contributed by atoms with Crippen molar-refractivity contribution < 1.29 is 9.53 Å². The van der Waals surface area contributed by atoms with Crippen molar-refractivity contribution in [3.05, 3.63) is 0 Å². The molecule has 1 aliphatic heterocycles. The van der Waals surface area contributed by atoms with Crippen LogP contribution in [0.15, 0.2) is 0 Å². The van der Waals surface area contributed by atoms with Gasteiger partial charge in [-0.15, -0.1) is 11.6 Å². The van der Waals surface area contributed by atoms with Crippen molar-refractivity contribution in [3.8, 4) is 0 Å². The number of carbonyl (C=O) groups excluding carboxylic acids is 1. The van der Waals surface area contributed by atoms with Crippen LogP contribution in [-0.4, -0.2) is 31.0 Å². The van der Waals surface area contributed by atoms with Crippen molar-refractivity contribution in [1.29, 1.82) is 0 Å². The molecule has 0 aromatic heterocycles. The molecule has 9 heavy (non-hydrogen) atoms. The zero-order chi connectivity index (χ0) is 6.69. The fourth-order valence-corrected chi connectivity index (χ4v) is 0.626. The molecule has 1 aliphatic rings. The topological polar surface area (TPSA) is 38.3 Å². The van der Waals surface area contributed by atoms with Crippen LogP contribution in [0.1, 0.15) is 0 Å². The molecular weight excluding hydrogens is 142 g/mol. The molecule has 0 aliphatic carbocycles. The summed E-state index contributed by atoms with van der Waals surface area (Å²) in [5, 5.41) is 2.97. The van der Waals surface area contributed by atoms with Crippen LogP contribution in [0.2, 0.25) is 0 Å². The lowest BCUT2D eigenvalue weighted by molar-refractivity contribution is -0.148. The molecule has 1 saturated heterocycles. The van der Waals surface area contributed by atoms with Crippen molar-refractivity contribution >= 4 is 17.6 Å².